The molecule has 0 N–H and O–H groups in total. The second-order valence-electron chi connectivity index (χ2n) is 2.70. The Kier molecular flexibility index (Phi) is 3.77. The Labute approximate surface area is 82.9 Å². The quantitative estimate of drug-likeness (QED) is 0.541. The molecule has 0 fully saturated rings. The standard InChI is InChI=1S/C11H12OS/c1-9(8-12)11(13-2)10-6-4-3-5-7-10/h3-8H,1-2H3/b11-9+. The predicted molar refractivity (Wildman–Crippen MR) is 58.6 cm³/mol. The molecule has 0 unspecified atom stereocenters. The highest BCUT2D eigenvalue weighted by molar-refractivity contribution is 8.07. The minimum atomic E-state index is 0.790. The molecule has 1 nitrogen and oxygen atoms in total. The minimum absolute atomic E-state index is 0.790. The highest BCUT2D eigenvalue weighted by Crippen LogP contribution is 2.27. The lowest BCUT2D eigenvalue weighted by atomic mass is 10.1. The van der Waals surface area contributed by atoms with Crippen molar-refractivity contribution in [1.29, 1.82) is 0 Å². The van der Waals surface area contributed by atoms with Crippen molar-refractivity contribution in [2.75, 3.05) is 6.26 Å². The van der Waals surface area contributed by atoms with Gasteiger partial charge in [-0.3, -0.25) is 4.79 Å². The average Bonchev–Trinajstić information content (AvgIpc) is 2.20. The lowest BCUT2D eigenvalue weighted by Crippen LogP contribution is -1.85. The molecular formula is C11H12OS. The summed E-state index contributed by atoms with van der Waals surface area (Å²) in [4.78, 5) is 11.7. The van der Waals surface area contributed by atoms with Gasteiger partial charge >= 0.3 is 0 Å². The van der Waals surface area contributed by atoms with Crippen LogP contribution in [0.15, 0.2) is 35.9 Å². The fourth-order valence-corrected chi connectivity index (χ4v) is 1.89. The molecule has 0 saturated carbocycles. The third kappa shape index (κ3) is 2.46. The van der Waals surface area contributed by atoms with E-state index in [0.717, 1.165) is 22.3 Å². The van der Waals surface area contributed by atoms with E-state index in [4.69, 9.17) is 0 Å². The van der Waals surface area contributed by atoms with Crippen molar-refractivity contribution in [3.63, 3.8) is 0 Å². The van der Waals surface area contributed by atoms with Gasteiger partial charge in [0.05, 0.1) is 0 Å². The third-order valence-electron chi connectivity index (χ3n) is 1.78. The van der Waals surface area contributed by atoms with E-state index in [2.05, 4.69) is 0 Å². The molecule has 2 heteroatoms. The van der Waals surface area contributed by atoms with Crippen molar-refractivity contribution in [2.24, 2.45) is 0 Å². The summed E-state index contributed by atoms with van der Waals surface area (Å²) in [5, 5.41) is 0. The van der Waals surface area contributed by atoms with Crippen LogP contribution in [0.25, 0.3) is 4.91 Å². The summed E-state index contributed by atoms with van der Waals surface area (Å²) < 4.78 is 0. The van der Waals surface area contributed by atoms with E-state index in [9.17, 15) is 4.79 Å². The van der Waals surface area contributed by atoms with Crippen LogP contribution in [-0.2, 0) is 4.79 Å². The van der Waals surface area contributed by atoms with Gasteiger partial charge in [0.15, 0.2) is 0 Å². The van der Waals surface area contributed by atoms with Crippen molar-refractivity contribution in [1.82, 2.24) is 0 Å². The predicted octanol–water partition coefficient (Wildman–Crippen LogP) is 2.98. The van der Waals surface area contributed by atoms with Crippen LogP contribution in [0.4, 0.5) is 0 Å². The van der Waals surface area contributed by atoms with Crippen molar-refractivity contribution in [3.05, 3.63) is 41.5 Å². The molecule has 13 heavy (non-hydrogen) atoms. The van der Waals surface area contributed by atoms with Crippen molar-refractivity contribution in [3.8, 4) is 0 Å². The van der Waals surface area contributed by atoms with Crippen molar-refractivity contribution < 1.29 is 4.79 Å². The van der Waals surface area contributed by atoms with Gasteiger partial charge in [0.2, 0.25) is 0 Å². The number of carbonyl (C=O) groups is 1. The maximum atomic E-state index is 10.6. The number of rotatable bonds is 3. The second kappa shape index (κ2) is 4.87. The number of aldehydes is 1. The van der Waals surface area contributed by atoms with Gasteiger partial charge in [-0.1, -0.05) is 30.3 Å². The van der Waals surface area contributed by atoms with Gasteiger partial charge in [-0.15, -0.1) is 11.8 Å². The van der Waals surface area contributed by atoms with E-state index in [0.29, 0.717) is 0 Å². The van der Waals surface area contributed by atoms with Crippen LogP contribution in [0.5, 0.6) is 0 Å². The van der Waals surface area contributed by atoms with E-state index in [1.54, 1.807) is 11.8 Å². The molecule has 1 aromatic rings. The largest absolute Gasteiger partial charge is 0.298 e. The van der Waals surface area contributed by atoms with Gasteiger partial charge in [-0.2, -0.15) is 0 Å². The van der Waals surface area contributed by atoms with Gasteiger partial charge in [-0.05, 0) is 18.7 Å². The Balaban J connectivity index is 3.12. The highest BCUT2D eigenvalue weighted by Gasteiger charge is 2.02. The third-order valence-corrected chi connectivity index (χ3v) is 2.74. The number of carbonyl (C=O) groups excluding carboxylic acids is 1. The minimum Gasteiger partial charge on any atom is -0.298 e. The smallest absolute Gasteiger partial charge is 0.146 e. The molecule has 68 valence electrons. The summed E-state index contributed by atoms with van der Waals surface area (Å²) in [5.41, 5.74) is 1.90. The number of allylic oxidation sites excluding steroid dienone is 1. The van der Waals surface area contributed by atoms with E-state index in [1.165, 1.54) is 0 Å². The number of benzene rings is 1. The zero-order chi connectivity index (χ0) is 9.68. The zero-order valence-corrected chi connectivity index (χ0v) is 8.60. The zero-order valence-electron chi connectivity index (χ0n) is 7.78. The average molecular weight is 192 g/mol. The fraction of sp³-hybridized carbons (Fsp3) is 0.182. The van der Waals surface area contributed by atoms with Gasteiger partial charge in [0.25, 0.3) is 0 Å². The molecule has 0 atom stereocenters. The Morgan fingerprint density at radius 2 is 1.92 bits per heavy atom. The van der Waals surface area contributed by atoms with Gasteiger partial charge in [0, 0.05) is 10.5 Å². The summed E-state index contributed by atoms with van der Waals surface area (Å²) in [6.07, 6.45) is 2.88. The first-order valence-electron chi connectivity index (χ1n) is 4.05. The van der Waals surface area contributed by atoms with Crippen molar-refractivity contribution in [2.45, 2.75) is 6.92 Å². The fourth-order valence-electron chi connectivity index (χ4n) is 1.15. The summed E-state index contributed by atoms with van der Waals surface area (Å²) >= 11 is 1.60. The Morgan fingerprint density at radius 1 is 1.31 bits per heavy atom. The molecule has 1 rings (SSSR count). The summed E-state index contributed by atoms with van der Waals surface area (Å²) in [5.74, 6) is 0. The maximum Gasteiger partial charge on any atom is 0.146 e. The van der Waals surface area contributed by atoms with Crippen LogP contribution in [0.1, 0.15) is 12.5 Å². The van der Waals surface area contributed by atoms with E-state index < -0.39 is 0 Å². The van der Waals surface area contributed by atoms with Gasteiger partial charge in [0.1, 0.15) is 6.29 Å². The molecule has 0 spiro atoms. The molecular weight excluding hydrogens is 180 g/mol. The van der Waals surface area contributed by atoms with E-state index in [1.807, 2.05) is 43.5 Å². The topological polar surface area (TPSA) is 17.1 Å². The molecule has 0 aliphatic carbocycles. The Hall–Kier alpha value is -1.02. The molecule has 0 aliphatic rings. The number of hydrogen-bond acceptors (Lipinski definition) is 2. The first-order chi connectivity index (χ1) is 6.29. The molecule has 0 bridgehead atoms. The second-order valence-corrected chi connectivity index (χ2v) is 3.52. The molecule has 0 amide bonds. The molecule has 1 aromatic carbocycles. The van der Waals surface area contributed by atoms with Crippen LogP contribution in [0.2, 0.25) is 0 Å². The first kappa shape index (κ1) is 10.1. The SMILES string of the molecule is CS/C(=C(\C)C=O)c1ccccc1. The Bertz CT molecular complexity index is 314. The van der Waals surface area contributed by atoms with E-state index in [-0.39, 0.29) is 0 Å². The first-order valence-corrected chi connectivity index (χ1v) is 5.27. The molecule has 0 radical (unpaired) electrons. The molecule has 0 heterocycles. The van der Waals surface area contributed by atoms with Crippen LogP contribution in [-0.4, -0.2) is 12.5 Å². The maximum absolute atomic E-state index is 10.6. The summed E-state index contributed by atoms with van der Waals surface area (Å²) in [6, 6.07) is 9.95. The molecule has 0 saturated heterocycles. The number of hydrogen-bond donors (Lipinski definition) is 0. The van der Waals surface area contributed by atoms with E-state index >= 15 is 0 Å². The normalized spacial score (nSPS) is 12.2. The lowest BCUT2D eigenvalue weighted by molar-refractivity contribution is -0.104. The molecule has 0 aliphatic heterocycles. The number of thioether (sulfide) groups is 1. The van der Waals surface area contributed by atoms with Crippen LogP contribution >= 0.6 is 11.8 Å². The van der Waals surface area contributed by atoms with Crippen LogP contribution < -0.4 is 0 Å². The highest BCUT2D eigenvalue weighted by atomic mass is 32.2. The van der Waals surface area contributed by atoms with Crippen molar-refractivity contribution >= 4 is 23.0 Å². The monoisotopic (exact) mass is 192 g/mol. The summed E-state index contributed by atoms with van der Waals surface area (Å²) in [7, 11) is 0. The van der Waals surface area contributed by atoms with Gasteiger partial charge in [-0.25, -0.2) is 0 Å². The molecule has 0 aromatic heterocycles. The van der Waals surface area contributed by atoms with Crippen LogP contribution in [0.3, 0.4) is 0 Å². The van der Waals surface area contributed by atoms with Gasteiger partial charge < -0.3 is 0 Å². The lowest BCUT2D eigenvalue weighted by Gasteiger charge is -2.05. The Morgan fingerprint density at radius 3 is 2.38 bits per heavy atom. The summed E-state index contributed by atoms with van der Waals surface area (Å²) in [6.45, 7) is 1.84. The van der Waals surface area contributed by atoms with Crippen LogP contribution in [0, 0.1) is 0 Å².